The maximum atomic E-state index is 13.1. The minimum absolute atomic E-state index is 0.155. The van der Waals surface area contributed by atoms with E-state index < -0.39 is 23.7 Å². The molecule has 0 aliphatic carbocycles. The molecular weight excluding hydrogens is 325 g/mol. The zero-order valence-electron chi connectivity index (χ0n) is 12.8. The molecule has 0 unspecified atom stereocenters. The summed E-state index contributed by atoms with van der Waals surface area (Å²) in [6, 6.07) is 2.99. The van der Waals surface area contributed by atoms with Crippen LogP contribution < -0.4 is 5.32 Å². The van der Waals surface area contributed by atoms with Crippen LogP contribution in [0.5, 0.6) is 0 Å². The molecule has 1 atom stereocenters. The van der Waals surface area contributed by atoms with Crippen molar-refractivity contribution in [3.8, 4) is 0 Å². The fourth-order valence-electron chi connectivity index (χ4n) is 2.45. The Kier molecular flexibility index (Phi) is 5.20. The van der Waals surface area contributed by atoms with Crippen molar-refractivity contribution >= 4 is 35.0 Å². The third kappa shape index (κ3) is 3.79. The number of hydrogen-bond acceptors (Lipinski definition) is 3. The van der Waals surface area contributed by atoms with Crippen molar-refractivity contribution in [2.75, 3.05) is 26.0 Å². The number of carbonyl (C=O) groups excluding carboxylic acids is 3. The van der Waals surface area contributed by atoms with Crippen LogP contribution in [0.1, 0.15) is 12.8 Å². The van der Waals surface area contributed by atoms with Gasteiger partial charge in [0.2, 0.25) is 5.91 Å². The first-order valence-corrected chi connectivity index (χ1v) is 7.47. The van der Waals surface area contributed by atoms with Gasteiger partial charge in [-0.05, 0) is 31.0 Å². The number of hydrogen-bond donors (Lipinski definition) is 1. The second kappa shape index (κ2) is 6.95. The lowest BCUT2D eigenvalue weighted by Crippen LogP contribution is -2.48. The molecule has 6 nitrogen and oxygen atoms in total. The van der Waals surface area contributed by atoms with Gasteiger partial charge < -0.3 is 15.1 Å². The van der Waals surface area contributed by atoms with E-state index in [1.54, 1.807) is 14.1 Å². The van der Waals surface area contributed by atoms with E-state index in [0.29, 0.717) is 19.4 Å². The number of carbonyl (C=O) groups is 3. The first-order valence-electron chi connectivity index (χ1n) is 7.09. The number of halogens is 2. The van der Waals surface area contributed by atoms with Gasteiger partial charge in [-0.3, -0.25) is 14.4 Å². The molecule has 1 aromatic carbocycles. The molecule has 0 spiro atoms. The monoisotopic (exact) mass is 341 g/mol. The quantitative estimate of drug-likeness (QED) is 0.829. The number of benzene rings is 1. The maximum Gasteiger partial charge on any atom is 0.313 e. The lowest BCUT2D eigenvalue weighted by Gasteiger charge is -2.25. The fraction of sp³-hybridized carbons (Fsp3) is 0.400. The van der Waals surface area contributed by atoms with Gasteiger partial charge >= 0.3 is 11.8 Å². The highest BCUT2D eigenvalue weighted by Crippen LogP contribution is 2.21. The Morgan fingerprint density at radius 1 is 1.35 bits per heavy atom. The largest absolute Gasteiger partial charge is 0.347 e. The zero-order valence-corrected chi connectivity index (χ0v) is 13.6. The number of anilines is 1. The molecular formula is C15H17ClFN3O3. The number of rotatable bonds is 2. The van der Waals surface area contributed by atoms with Gasteiger partial charge in [0, 0.05) is 26.3 Å². The van der Waals surface area contributed by atoms with E-state index in [1.165, 1.54) is 21.9 Å². The molecule has 0 saturated carbocycles. The Morgan fingerprint density at radius 2 is 2.04 bits per heavy atom. The van der Waals surface area contributed by atoms with E-state index in [2.05, 4.69) is 5.32 Å². The molecule has 124 valence electrons. The minimum Gasteiger partial charge on any atom is -0.347 e. The van der Waals surface area contributed by atoms with Crippen molar-refractivity contribution in [2.24, 2.45) is 0 Å². The second-order valence-corrected chi connectivity index (χ2v) is 5.88. The number of nitrogens with zero attached hydrogens (tertiary/aromatic N) is 2. The smallest absolute Gasteiger partial charge is 0.313 e. The van der Waals surface area contributed by atoms with E-state index in [4.69, 9.17) is 11.6 Å². The molecule has 0 bridgehead atoms. The van der Waals surface area contributed by atoms with Crippen LogP contribution >= 0.6 is 11.6 Å². The molecule has 1 heterocycles. The molecule has 1 saturated heterocycles. The third-order valence-electron chi connectivity index (χ3n) is 3.61. The van der Waals surface area contributed by atoms with E-state index in [9.17, 15) is 18.8 Å². The van der Waals surface area contributed by atoms with Crippen molar-refractivity contribution in [1.82, 2.24) is 9.80 Å². The summed E-state index contributed by atoms with van der Waals surface area (Å²) in [6.07, 6.45) is 1.18. The molecule has 2 rings (SSSR count). The summed E-state index contributed by atoms with van der Waals surface area (Å²) in [6.45, 7) is 0.348. The summed E-state index contributed by atoms with van der Waals surface area (Å²) in [4.78, 5) is 39.1. The van der Waals surface area contributed by atoms with Crippen LogP contribution in [0.3, 0.4) is 0 Å². The van der Waals surface area contributed by atoms with Gasteiger partial charge in [0.15, 0.2) is 0 Å². The standard InChI is InChI=1S/C15H17ClFN3O3/c1-19(2)14(22)12-4-3-7-20(12)15(23)13(21)18-9-5-6-11(17)10(16)8-9/h5-6,8,12H,3-4,7H2,1-2H3,(H,18,21)/t12-/m0/s1. The van der Waals surface area contributed by atoms with E-state index in [1.807, 2.05) is 0 Å². The van der Waals surface area contributed by atoms with Crippen LogP contribution in [0.25, 0.3) is 0 Å². The summed E-state index contributed by atoms with van der Waals surface area (Å²) >= 11 is 5.63. The topological polar surface area (TPSA) is 69.7 Å². The van der Waals surface area contributed by atoms with Gasteiger partial charge in [0.05, 0.1) is 5.02 Å². The predicted octanol–water partition coefficient (Wildman–Crippen LogP) is 1.50. The highest BCUT2D eigenvalue weighted by molar-refractivity contribution is 6.40. The molecule has 1 fully saturated rings. The van der Waals surface area contributed by atoms with Gasteiger partial charge in [-0.1, -0.05) is 11.6 Å². The number of nitrogens with one attached hydrogen (secondary N) is 1. The zero-order chi connectivity index (χ0) is 17.1. The molecule has 1 N–H and O–H groups in total. The Hall–Kier alpha value is -2.15. The molecule has 1 aliphatic heterocycles. The summed E-state index contributed by atoms with van der Waals surface area (Å²) in [5.41, 5.74) is 0.212. The number of likely N-dealkylation sites (N-methyl/N-ethyl adjacent to an activating group) is 1. The Balaban J connectivity index is 2.08. The minimum atomic E-state index is -0.883. The van der Waals surface area contributed by atoms with Gasteiger partial charge in [0.25, 0.3) is 0 Å². The van der Waals surface area contributed by atoms with Crippen molar-refractivity contribution in [3.05, 3.63) is 29.0 Å². The molecule has 1 aliphatic rings. The van der Waals surface area contributed by atoms with Crippen LogP contribution in [-0.2, 0) is 14.4 Å². The van der Waals surface area contributed by atoms with Crippen LogP contribution in [0.2, 0.25) is 5.02 Å². The first-order chi connectivity index (χ1) is 10.8. The van der Waals surface area contributed by atoms with Crippen LogP contribution in [0, 0.1) is 5.82 Å². The maximum absolute atomic E-state index is 13.1. The molecule has 8 heteroatoms. The highest BCUT2D eigenvalue weighted by Gasteiger charge is 2.37. The number of likely N-dealkylation sites (tertiary alicyclic amines) is 1. The summed E-state index contributed by atoms with van der Waals surface area (Å²) in [7, 11) is 3.20. The normalized spacial score (nSPS) is 17.0. The van der Waals surface area contributed by atoms with Crippen molar-refractivity contribution in [3.63, 3.8) is 0 Å². The summed E-state index contributed by atoms with van der Waals surface area (Å²) in [5, 5.41) is 2.21. The SMILES string of the molecule is CN(C)C(=O)[C@@H]1CCCN1C(=O)C(=O)Nc1ccc(F)c(Cl)c1. The molecule has 1 aromatic rings. The van der Waals surface area contributed by atoms with Gasteiger partial charge in [0.1, 0.15) is 11.9 Å². The average Bonchev–Trinajstić information content (AvgIpc) is 2.98. The van der Waals surface area contributed by atoms with Crippen molar-refractivity contribution in [2.45, 2.75) is 18.9 Å². The lowest BCUT2D eigenvalue weighted by molar-refractivity contribution is -0.147. The number of amides is 3. The van der Waals surface area contributed by atoms with Crippen LogP contribution in [-0.4, -0.2) is 54.2 Å². The Morgan fingerprint density at radius 3 is 2.65 bits per heavy atom. The Bertz CT molecular complexity index is 651. The fourth-order valence-corrected chi connectivity index (χ4v) is 2.63. The highest BCUT2D eigenvalue weighted by atomic mass is 35.5. The van der Waals surface area contributed by atoms with Gasteiger partial charge in [-0.25, -0.2) is 4.39 Å². The summed E-state index contributed by atoms with van der Waals surface area (Å²) < 4.78 is 13.1. The second-order valence-electron chi connectivity index (χ2n) is 5.47. The predicted molar refractivity (Wildman–Crippen MR) is 83.5 cm³/mol. The van der Waals surface area contributed by atoms with Gasteiger partial charge in [-0.2, -0.15) is 0 Å². The van der Waals surface area contributed by atoms with E-state index in [-0.39, 0.29) is 16.6 Å². The van der Waals surface area contributed by atoms with E-state index in [0.717, 1.165) is 6.07 Å². The molecule has 0 radical (unpaired) electrons. The van der Waals surface area contributed by atoms with Crippen molar-refractivity contribution < 1.29 is 18.8 Å². The lowest BCUT2D eigenvalue weighted by atomic mass is 10.2. The molecule has 23 heavy (non-hydrogen) atoms. The van der Waals surface area contributed by atoms with E-state index >= 15 is 0 Å². The molecule has 3 amide bonds. The third-order valence-corrected chi connectivity index (χ3v) is 3.90. The Labute approximate surface area is 138 Å². The van der Waals surface area contributed by atoms with Crippen molar-refractivity contribution in [1.29, 1.82) is 0 Å². The van der Waals surface area contributed by atoms with Gasteiger partial charge in [-0.15, -0.1) is 0 Å². The van der Waals surface area contributed by atoms with Crippen LogP contribution in [0.15, 0.2) is 18.2 Å². The summed E-state index contributed by atoms with van der Waals surface area (Å²) in [5.74, 6) is -2.50. The van der Waals surface area contributed by atoms with Crippen LogP contribution in [0.4, 0.5) is 10.1 Å². The average molecular weight is 342 g/mol. The first kappa shape index (κ1) is 17.2. The molecule has 0 aromatic heterocycles.